The zero-order valence-corrected chi connectivity index (χ0v) is 8.92. The van der Waals surface area contributed by atoms with Crippen LogP contribution in [0, 0.1) is 0 Å². The van der Waals surface area contributed by atoms with Crippen LogP contribution in [0.4, 0.5) is 10.5 Å². The zero-order chi connectivity index (χ0) is 12.1. The standard InChI is InChI=1S/C13H11NO3/c15-13(16)14-10-6-8-12(9-7-10)17-11-4-2-1-3-5-11/h1-9,14H,(H,15,16)/p-1. The topological polar surface area (TPSA) is 61.4 Å². The second-order valence-corrected chi connectivity index (χ2v) is 3.35. The summed E-state index contributed by atoms with van der Waals surface area (Å²) in [6.45, 7) is 0. The predicted molar refractivity (Wildman–Crippen MR) is 62.0 cm³/mol. The molecule has 86 valence electrons. The van der Waals surface area contributed by atoms with E-state index in [1.807, 2.05) is 30.3 Å². The number of nitrogens with one attached hydrogen (secondary N) is 1. The van der Waals surface area contributed by atoms with Crippen LogP contribution in [0.5, 0.6) is 11.5 Å². The number of carbonyl (C=O) groups excluding carboxylic acids is 1. The fraction of sp³-hybridized carbons (Fsp3) is 0. The molecule has 0 spiro atoms. The van der Waals surface area contributed by atoms with Crippen LogP contribution in [0.1, 0.15) is 0 Å². The monoisotopic (exact) mass is 228 g/mol. The average Bonchev–Trinajstić information content (AvgIpc) is 2.32. The van der Waals surface area contributed by atoms with Crippen LogP contribution in [0.3, 0.4) is 0 Å². The minimum absolute atomic E-state index is 0.449. The number of amides is 1. The third-order valence-electron chi connectivity index (χ3n) is 2.08. The quantitative estimate of drug-likeness (QED) is 0.876. The van der Waals surface area contributed by atoms with Crippen molar-refractivity contribution < 1.29 is 14.6 Å². The molecule has 0 radical (unpaired) electrons. The van der Waals surface area contributed by atoms with Gasteiger partial charge in [-0.2, -0.15) is 0 Å². The number of carboxylic acid groups (broad SMARTS) is 1. The van der Waals surface area contributed by atoms with E-state index in [2.05, 4.69) is 5.32 Å². The van der Waals surface area contributed by atoms with Crippen molar-refractivity contribution >= 4 is 11.8 Å². The molecular weight excluding hydrogens is 218 g/mol. The molecule has 0 aliphatic heterocycles. The summed E-state index contributed by atoms with van der Waals surface area (Å²) in [5.41, 5.74) is 0.449. The lowest BCUT2D eigenvalue weighted by molar-refractivity contribution is -0.242. The van der Waals surface area contributed by atoms with Gasteiger partial charge in [0.2, 0.25) is 0 Å². The number of para-hydroxylation sites is 1. The van der Waals surface area contributed by atoms with Crippen LogP contribution in [0.15, 0.2) is 54.6 Å². The van der Waals surface area contributed by atoms with Crippen molar-refractivity contribution in [2.75, 3.05) is 5.32 Å². The molecule has 4 nitrogen and oxygen atoms in total. The first-order chi connectivity index (χ1) is 8.24. The van der Waals surface area contributed by atoms with Gasteiger partial charge in [-0.3, -0.25) is 0 Å². The Balaban J connectivity index is 2.06. The minimum atomic E-state index is -1.33. The fourth-order valence-electron chi connectivity index (χ4n) is 1.35. The highest BCUT2D eigenvalue weighted by Gasteiger charge is 1.96. The Hall–Kier alpha value is -2.49. The highest BCUT2D eigenvalue weighted by atomic mass is 16.5. The van der Waals surface area contributed by atoms with Gasteiger partial charge >= 0.3 is 0 Å². The van der Waals surface area contributed by atoms with Gasteiger partial charge in [-0.15, -0.1) is 0 Å². The van der Waals surface area contributed by atoms with E-state index in [0.717, 1.165) is 5.75 Å². The van der Waals surface area contributed by atoms with Crippen molar-refractivity contribution in [1.82, 2.24) is 0 Å². The molecule has 0 heterocycles. The van der Waals surface area contributed by atoms with Gasteiger partial charge in [-0.05, 0) is 36.4 Å². The van der Waals surface area contributed by atoms with Crippen LogP contribution < -0.4 is 15.2 Å². The van der Waals surface area contributed by atoms with Crippen molar-refractivity contribution in [1.29, 1.82) is 0 Å². The van der Waals surface area contributed by atoms with Crippen LogP contribution >= 0.6 is 0 Å². The molecule has 0 aliphatic rings. The summed E-state index contributed by atoms with van der Waals surface area (Å²) in [5, 5.41) is 12.4. The Labute approximate surface area is 98.5 Å². The van der Waals surface area contributed by atoms with Crippen LogP contribution in [-0.2, 0) is 0 Å². The molecule has 1 N–H and O–H groups in total. The number of carbonyl (C=O) groups is 1. The number of anilines is 1. The van der Waals surface area contributed by atoms with Gasteiger partial charge in [0.05, 0.1) is 0 Å². The third-order valence-corrected chi connectivity index (χ3v) is 2.08. The first-order valence-electron chi connectivity index (χ1n) is 5.05. The van der Waals surface area contributed by atoms with Crippen molar-refractivity contribution in [2.45, 2.75) is 0 Å². The summed E-state index contributed by atoms with van der Waals surface area (Å²) in [7, 11) is 0. The Morgan fingerprint density at radius 2 is 1.53 bits per heavy atom. The molecule has 2 aromatic rings. The molecule has 0 saturated heterocycles. The van der Waals surface area contributed by atoms with Crippen molar-refractivity contribution in [3.05, 3.63) is 54.6 Å². The van der Waals surface area contributed by atoms with Gasteiger partial charge in [0.25, 0.3) is 0 Å². The molecule has 0 aliphatic carbocycles. The Kier molecular flexibility index (Phi) is 3.25. The first kappa shape index (κ1) is 11.0. The number of ether oxygens (including phenoxy) is 1. The van der Waals surface area contributed by atoms with Crippen LogP contribution in [-0.4, -0.2) is 6.09 Å². The Morgan fingerprint density at radius 1 is 0.941 bits per heavy atom. The van der Waals surface area contributed by atoms with Crippen molar-refractivity contribution in [2.24, 2.45) is 0 Å². The molecule has 2 aromatic carbocycles. The lowest BCUT2D eigenvalue weighted by Crippen LogP contribution is -2.28. The van der Waals surface area contributed by atoms with Gasteiger partial charge in [-0.25, -0.2) is 0 Å². The highest BCUT2D eigenvalue weighted by Crippen LogP contribution is 2.22. The summed E-state index contributed by atoms with van der Waals surface area (Å²) in [4.78, 5) is 10.3. The number of benzene rings is 2. The molecule has 4 heteroatoms. The maximum atomic E-state index is 10.3. The number of hydrogen-bond acceptors (Lipinski definition) is 3. The second kappa shape index (κ2) is 5.03. The minimum Gasteiger partial charge on any atom is -0.530 e. The van der Waals surface area contributed by atoms with Gasteiger partial charge in [-0.1, -0.05) is 18.2 Å². The summed E-state index contributed by atoms with van der Waals surface area (Å²) < 4.78 is 5.55. The van der Waals surface area contributed by atoms with E-state index >= 15 is 0 Å². The maximum absolute atomic E-state index is 10.3. The molecule has 2 rings (SSSR count). The van der Waals surface area contributed by atoms with Crippen LogP contribution in [0.2, 0.25) is 0 Å². The van der Waals surface area contributed by atoms with E-state index in [1.165, 1.54) is 0 Å². The second-order valence-electron chi connectivity index (χ2n) is 3.35. The predicted octanol–water partition coefficient (Wildman–Crippen LogP) is 2.23. The van der Waals surface area contributed by atoms with Gasteiger partial charge in [0.15, 0.2) is 0 Å². The molecule has 0 fully saturated rings. The van der Waals surface area contributed by atoms with E-state index in [1.54, 1.807) is 24.3 Å². The highest BCUT2D eigenvalue weighted by molar-refractivity contribution is 5.81. The fourth-order valence-corrected chi connectivity index (χ4v) is 1.35. The normalized spacial score (nSPS) is 9.65. The lowest BCUT2D eigenvalue weighted by Gasteiger charge is -2.08. The zero-order valence-electron chi connectivity index (χ0n) is 8.92. The molecule has 0 unspecified atom stereocenters. The molecule has 0 aromatic heterocycles. The van der Waals surface area contributed by atoms with E-state index < -0.39 is 6.09 Å². The van der Waals surface area contributed by atoms with Crippen molar-refractivity contribution in [3.63, 3.8) is 0 Å². The van der Waals surface area contributed by atoms with Gasteiger partial charge in [0.1, 0.15) is 17.6 Å². The number of hydrogen-bond donors (Lipinski definition) is 1. The van der Waals surface area contributed by atoms with Crippen LogP contribution in [0.25, 0.3) is 0 Å². The SMILES string of the molecule is O=C([O-])Nc1ccc(Oc2ccccc2)cc1. The Morgan fingerprint density at radius 3 is 2.12 bits per heavy atom. The Bertz CT molecular complexity index is 494. The van der Waals surface area contributed by atoms with E-state index in [4.69, 9.17) is 4.74 Å². The van der Waals surface area contributed by atoms with E-state index in [-0.39, 0.29) is 0 Å². The largest absolute Gasteiger partial charge is 0.530 e. The van der Waals surface area contributed by atoms with Crippen molar-refractivity contribution in [3.8, 4) is 11.5 Å². The van der Waals surface area contributed by atoms with Gasteiger partial charge in [0, 0.05) is 5.69 Å². The molecule has 0 atom stereocenters. The van der Waals surface area contributed by atoms with E-state index in [9.17, 15) is 9.90 Å². The summed E-state index contributed by atoms with van der Waals surface area (Å²) in [6.07, 6.45) is -1.33. The molecule has 1 amide bonds. The molecule has 0 bridgehead atoms. The molecule has 17 heavy (non-hydrogen) atoms. The summed E-state index contributed by atoms with van der Waals surface area (Å²) in [6, 6.07) is 15.9. The lowest BCUT2D eigenvalue weighted by atomic mass is 10.3. The third kappa shape index (κ3) is 3.24. The molecular formula is C13H10NO3-. The van der Waals surface area contributed by atoms with Gasteiger partial charge < -0.3 is 20.0 Å². The summed E-state index contributed by atoms with van der Waals surface area (Å²) in [5.74, 6) is 1.37. The van der Waals surface area contributed by atoms with E-state index in [0.29, 0.717) is 11.4 Å². The average molecular weight is 228 g/mol. The summed E-state index contributed by atoms with van der Waals surface area (Å²) >= 11 is 0. The smallest absolute Gasteiger partial charge is 0.138 e. The number of rotatable bonds is 3. The maximum Gasteiger partial charge on any atom is 0.138 e. The first-order valence-corrected chi connectivity index (χ1v) is 5.05. The molecule has 0 saturated carbocycles.